The Hall–Kier alpha value is -0.800. The first-order chi connectivity index (χ1) is 10.2. The lowest BCUT2D eigenvalue weighted by molar-refractivity contribution is 0.595. The molecule has 0 bridgehead atoms. The van der Waals surface area contributed by atoms with E-state index in [9.17, 15) is 0 Å². The molecule has 0 radical (unpaired) electrons. The fourth-order valence-corrected chi connectivity index (χ4v) is 3.53. The summed E-state index contributed by atoms with van der Waals surface area (Å²) < 4.78 is 2.05. The van der Waals surface area contributed by atoms with Gasteiger partial charge < -0.3 is 0 Å². The molecule has 4 heteroatoms. The van der Waals surface area contributed by atoms with Crippen LogP contribution in [-0.4, -0.2) is 9.78 Å². The van der Waals surface area contributed by atoms with Gasteiger partial charge in [0.2, 0.25) is 0 Å². The highest BCUT2D eigenvalue weighted by atomic mass is 79.9. The SMILES string of the molecule is CCc1nn(CC)c(CCCC(Br)c2ccccc2)c1Cl. The summed E-state index contributed by atoms with van der Waals surface area (Å²) in [6, 6.07) is 10.5. The third kappa shape index (κ3) is 4.10. The Labute approximate surface area is 140 Å². The van der Waals surface area contributed by atoms with Crippen molar-refractivity contribution in [2.45, 2.75) is 50.9 Å². The Morgan fingerprint density at radius 1 is 1.24 bits per heavy atom. The van der Waals surface area contributed by atoms with Crippen molar-refractivity contribution in [1.82, 2.24) is 9.78 Å². The molecule has 1 aromatic carbocycles. The lowest BCUT2D eigenvalue weighted by Crippen LogP contribution is -2.03. The van der Waals surface area contributed by atoms with Crippen molar-refractivity contribution in [2.75, 3.05) is 0 Å². The summed E-state index contributed by atoms with van der Waals surface area (Å²) in [4.78, 5) is 0.404. The lowest BCUT2D eigenvalue weighted by Gasteiger charge is -2.10. The first-order valence-electron chi connectivity index (χ1n) is 7.60. The molecule has 0 fully saturated rings. The second-order valence-corrected chi connectivity index (χ2v) is 6.63. The maximum atomic E-state index is 6.45. The van der Waals surface area contributed by atoms with E-state index >= 15 is 0 Å². The van der Waals surface area contributed by atoms with E-state index in [1.54, 1.807) is 0 Å². The highest BCUT2D eigenvalue weighted by molar-refractivity contribution is 9.09. The van der Waals surface area contributed by atoms with E-state index < -0.39 is 0 Å². The molecule has 0 aliphatic carbocycles. The van der Waals surface area contributed by atoms with E-state index in [4.69, 9.17) is 11.6 Å². The van der Waals surface area contributed by atoms with Crippen LogP contribution in [-0.2, 0) is 19.4 Å². The number of hydrogen-bond donors (Lipinski definition) is 0. The van der Waals surface area contributed by atoms with Gasteiger partial charge in [0.1, 0.15) is 0 Å². The van der Waals surface area contributed by atoms with Crippen LogP contribution in [0.25, 0.3) is 0 Å². The van der Waals surface area contributed by atoms with Crippen LogP contribution in [0, 0.1) is 0 Å². The number of alkyl halides is 1. The zero-order valence-corrected chi connectivity index (χ0v) is 15.0. The molecule has 0 N–H and O–H groups in total. The lowest BCUT2D eigenvalue weighted by atomic mass is 10.1. The summed E-state index contributed by atoms with van der Waals surface area (Å²) >= 11 is 10.2. The Kier molecular flexibility index (Phi) is 6.31. The van der Waals surface area contributed by atoms with Crippen LogP contribution in [0.2, 0.25) is 5.02 Å². The van der Waals surface area contributed by atoms with Crippen molar-refractivity contribution in [1.29, 1.82) is 0 Å². The highest BCUT2D eigenvalue weighted by Gasteiger charge is 2.14. The molecule has 0 amide bonds. The summed E-state index contributed by atoms with van der Waals surface area (Å²) in [5, 5.41) is 5.44. The molecule has 0 saturated heterocycles. The molecule has 114 valence electrons. The van der Waals surface area contributed by atoms with Crippen molar-refractivity contribution in [3.8, 4) is 0 Å². The Balaban J connectivity index is 1.96. The molecule has 21 heavy (non-hydrogen) atoms. The zero-order chi connectivity index (χ0) is 15.2. The van der Waals surface area contributed by atoms with Crippen LogP contribution in [0.15, 0.2) is 30.3 Å². The van der Waals surface area contributed by atoms with Gasteiger partial charge in [-0.1, -0.05) is 64.8 Å². The Morgan fingerprint density at radius 2 is 1.95 bits per heavy atom. The van der Waals surface area contributed by atoms with Crippen LogP contribution in [0.1, 0.15) is 48.5 Å². The Morgan fingerprint density at radius 3 is 2.57 bits per heavy atom. The molecule has 0 aliphatic heterocycles. The predicted octanol–water partition coefficient (Wildman–Crippen LogP) is 5.58. The van der Waals surface area contributed by atoms with Crippen molar-refractivity contribution in [3.05, 3.63) is 52.3 Å². The molecule has 1 unspecified atom stereocenters. The van der Waals surface area contributed by atoms with Crippen molar-refractivity contribution >= 4 is 27.5 Å². The van der Waals surface area contributed by atoms with Gasteiger partial charge in [-0.2, -0.15) is 5.10 Å². The van der Waals surface area contributed by atoms with E-state index in [1.165, 1.54) is 11.3 Å². The largest absolute Gasteiger partial charge is 0.268 e. The van der Waals surface area contributed by atoms with Gasteiger partial charge >= 0.3 is 0 Å². The second-order valence-electron chi connectivity index (χ2n) is 5.15. The third-order valence-corrected chi connectivity index (χ3v) is 5.15. The predicted molar refractivity (Wildman–Crippen MR) is 93.3 cm³/mol. The first-order valence-corrected chi connectivity index (χ1v) is 8.89. The van der Waals surface area contributed by atoms with E-state index in [0.717, 1.165) is 42.9 Å². The molecule has 0 aliphatic rings. The molecule has 2 rings (SSSR count). The zero-order valence-electron chi connectivity index (χ0n) is 12.6. The summed E-state index contributed by atoms with van der Waals surface area (Å²) in [6.45, 7) is 5.09. The normalized spacial score (nSPS) is 12.6. The smallest absolute Gasteiger partial charge is 0.0849 e. The monoisotopic (exact) mass is 368 g/mol. The minimum atomic E-state index is 0.404. The van der Waals surface area contributed by atoms with Gasteiger partial charge in [0, 0.05) is 11.4 Å². The quantitative estimate of drug-likeness (QED) is 0.583. The van der Waals surface area contributed by atoms with E-state index in [2.05, 4.69) is 65.2 Å². The summed E-state index contributed by atoms with van der Waals surface area (Å²) in [5.41, 5.74) is 3.54. The van der Waals surface area contributed by atoms with Gasteiger partial charge in [0.05, 0.1) is 16.4 Å². The minimum Gasteiger partial charge on any atom is -0.268 e. The maximum Gasteiger partial charge on any atom is 0.0849 e. The standard InChI is InChI=1S/C17H22BrClN2/c1-3-15-17(19)16(21(4-2)20-15)12-8-11-14(18)13-9-6-5-7-10-13/h5-7,9-10,14H,3-4,8,11-12H2,1-2H3. The van der Waals surface area contributed by atoms with Gasteiger partial charge in [-0.25, -0.2) is 0 Å². The fourth-order valence-electron chi connectivity index (χ4n) is 2.53. The van der Waals surface area contributed by atoms with E-state index in [0.29, 0.717) is 4.83 Å². The van der Waals surface area contributed by atoms with Gasteiger partial charge in [-0.15, -0.1) is 0 Å². The molecule has 1 atom stereocenters. The number of nitrogens with zero attached hydrogens (tertiary/aromatic N) is 2. The molecule has 0 saturated carbocycles. The van der Waals surface area contributed by atoms with Crippen LogP contribution < -0.4 is 0 Å². The highest BCUT2D eigenvalue weighted by Crippen LogP contribution is 2.29. The third-order valence-electron chi connectivity index (χ3n) is 3.73. The summed E-state index contributed by atoms with van der Waals surface area (Å²) in [5.74, 6) is 0. The van der Waals surface area contributed by atoms with Crippen molar-refractivity contribution < 1.29 is 0 Å². The van der Waals surface area contributed by atoms with E-state index in [-0.39, 0.29) is 0 Å². The molecule has 1 heterocycles. The molecule has 0 spiro atoms. The molecular weight excluding hydrogens is 348 g/mol. The number of halogens is 2. The average molecular weight is 370 g/mol. The van der Waals surface area contributed by atoms with Crippen LogP contribution >= 0.6 is 27.5 Å². The molecule has 1 aromatic heterocycles. The van der Waals surface area contributed by atoms with E-state index in [1.807, 2.05) is 4.68 Å². The average Bonchev–Trinajstić information content (AvgIpc) is 2.84. The minimum absolute atomic E-state index is 0.404. The maximum absolute atomic E-state index is 6.45. The number of hydrogen-bond acceptors (Lipinski definition) is 1. The number of aryl methyl sites for hydroxylation is 2. The fraction of sp³-hybridized carbons (Fsp3) is 0.471. The van der Waals surface area contributed by atoms with Crippen molar-refractivity contribution in [2.24, 2.45) is 0 Å². The van der Waals surface area contributed by atoms with Crippen LogP contribution in [0.5, 0.6) is 0 Å². The second kappa shape index (κ2) is 8.00. The first kappa shape index (κ1) is 16.6. The van der Waals surface area contributed by atoms with Gasteiger partial charge in [-0.05, 0) is 38.2 Å². The summed E-state index contributed by atoms with van der Waals surface area (Å²) in [7, 11) is 0. The summed E-state index contributed by atoms with van der Waals surface area (Å²) in [6.07, 6.45) is 4.06. The molecule has 2 nitrogen and oxygen atoms in total. The number of benzene rings is 1. The van der Waals surface area contributed by atoms with Crippen LogP contribution in [0.3, 0.4) is 0 Å². The number of aromatic nitrogens is 2. The Bertz CT molecular complexity index is 566. The topological polar surface area (TPSA) is 17.8 Å². The van der Waals surface area contributed by atoms with Crippen molar-refractivity contribution in [3.63, 3.8) is 0 Å². The van der Waals surface area contributed by atoms with Crippen LogP contribution in [0.4, 0.5) is 0 Å². The number of rotatable bonds is 7. The molecular formula is C17H22BrClN2. The van der Waals surface area contributed by atoms with Gasteiger partial charge in [0.25, 0.3) is 0 Å². The van der Waals surface area contributed by atoms with Gasteiger partial charge in [0.15, 0.2) is 0 Å². The molecule has 2 aromatic rings. The van der Waals surface area contributed by atoms with Gasteiger partial charge in [-0.3, -0.25) is 4.68 Å².